The van der Waals surface area contributed by atoms with Crippen LogP contribution >= 0.6 is 0 Å². The molecule has 2 N–H and O–H groups in total. The van der Waals surface area contributed by atoms with Crippen LogP contribution in [0.25, 0.3) is 0 Å². The average molecular weight is 319 g/mol. The van der Waals surface area contributed by atoms with Crippen molar-refractivity contribution < 1.29 is 10.2 Å². The molecule has 3 rings (SSSR count). The van der Waals surface area contributed by atoms with E-state index in [4.69, 9.17) is 0 Å². The van der Waals surface area contributed by atoms with Gasteiger partial charge in [0.1, 0.15) is 0 Å². The zero-order valence-corrected chi connectivity index (χ0v) is 14.1. The molecule has 1 aromatic heterocycles. The van der Waals surface area contributed by atoms with Gasteiger partial charge >= 0.3 is 0 Å². The molecule has 1 unspecified atom stereocenters. The number of nitrogens with zero attached hydrogens (tertiary/aromatic N) is 3. The van der Waals surface area contributed by atoms with Gasteiger partial charge in [-0.15, -0.1) is 0 Å². The van der Waals surface area contributed by atoms with E-state index in [1.807, 2.05) is 12.3 Å². The topological polar surface area (TPSA) is 59.8 Å². The van der Waals surface area contributed by atoms with Gasteiger partial charge in [-0.1, -0.05) is 0 Å². The number of aliphatic hydroxyl groups is 2. The van der Waals surface area contributed by atoms with E-state index in [1.165, 1.54) is 0 Å². The molecule has 5 heteroatoms. The molecule has 128 valence electrons. The molecule has 23 heavy (non-hydrogen) atoms. The number of fused-ring (bicyclic) bond motifs is 1. The largest absolute Gasteiger partial charge is 0.396 e. The summed E-state index contributed by atoms with van der Waals surface area (Å²) in [4.78, 5) is 9.34. The summed E-state index contributed by atoms with van der Waals surface area (Å²) >= 11 is 0. The molecule has 1 aliphatic carbocycles. The third kappa shape index (κ3) is 3.67. The summed E-state index contributed by atoms with van der Waals surface area (Å²) in [5.74, 6) is 0.489. The van der Waals surface area contributed by atoms with E-state index < -0.39 is 0 Å². The van der Waals surface area contributed by atoms with E-state index in [9.17, 15) is 10.2 Å². The Morgan fingerprint density at radius 2 is 1.91 bits per heavy atom. The Morgan fingerprint density at radius 1 is 1.13 bits per heavy atom. The molecule has 0 radical (unpaired) electrons. The van der Waals surface area contributed by atoms with Gasteiger partial charge < -0.3 is 15.1 Å². The molecule has 5 nitrogen and oxygen atoms in total. The van der Waals surface area contributed by atoms with Crippen LogP contribution in [-0.2, 0) is 6.54 Å². The number of hydrogen-bond donors (Lipinski definition) is 2. The van der Waals surface area contributed by atoms with Crippen molar-refractivity contribution in [1.29, 1.82) is 0 Å². The van der Waals surface area contributed by atoms with Crippen molar-refractivity contribution in [1.82, 2.24) is 9.88 Å². The average Bonchev–Trinajstić information content (AvgIpc) is 2.60. The second-order valence-electron chi connectivity index (χ2n) is 7.03. The highest BCUT2D eigenvalue weighted by atomic mass is 16.3. The van der Waals surface area contributed by atoms with E-state index in [-0.39, 0.29) is 12.6 Å². The fourth-order valence-corrected chi connectivity index (χ4v) is 4.07. The summed E-state index contributed by atoms with van der Waals surface area (Å²) in [6.07, 6.45) is 7.40. The molecule has 1 aliphatic heterocycles. The number of pyridine rings is 1. The van der Waals surface area contributed by atoms with E-state index in [0.29, 0.717) is 18.6 Å². The van der Waals surface area contributed by atoms with Crippen molar-refractivity contribution in [2.24, 2.45) is 5.92 Å². The van der Waals surface area contributed by atoms with E-state index in [1.54, 1.807) is 0 Å². The van der Waals surface area contributed by atoms with Crippen LogP contribution in [0, 0.1) is 5.92 Å². The third-order valence-electron chi connectivity index (χ3n) is 5.70. The van der Waals surface area contributed by atoms with Crippen molar-refractivity contribution >= 4 is 5.69 Å². The van der Waals surface area contributed by atoms with Crippen molar-refractivity contribution in [2.75, 3.05) is 31.7 Å². The van der Waals surface area contributed by atoms with Gasteiger partial charge in [-0.25, -0.2) is 0 Å². The molecule has 0 saturated heterocycles. The molecule has 0 spiro atoms. The van der Waals surface area contributed by atoms with Gasteiger partial charge in [0.2, 0.25) is 0 Å². The lowest BCUT2D eigenvalue weighted by Gasteiger charge is -2.41. The lowest BCUT2D eigenvalue weighted by Crippen LogP contribution is -2.45. The van der Waals surface area contributed by atoms with Crippen LogP contribution in [0.5, 0.6) is 0 Å². The highest BCUT2D eigenvalue weighted by Gasteiger charge is 2.29. The lowest BCUT2D eigenvalue weighted by molar-refractivity contribution is 0.0972. The molecule has 1 atom stereocenters. The summed E-state index contributed by atoms with van der Waals surface area (Å²) in [6.45, 7) is 2.39. The summed E-state index contributed by atoms with van der Waals surface area (Å²) in [7, 11) is 2.06. The predicted octanol–water partition coefficient (Wildman–Crippen LogP) is 1.64. The minimum atomic E-state index is 0.148. The third-order valence-corrected chi connectivity index (χ3v) is 5.70. The van der Waals surface area contributed by atoms with Crippen LogP contribution in [0.4, 0.5) is 5.69 Å². The first-order valence-electron chi connectivity index (χ1n) is 8.85. The molecule has 2 aliphatic rings. The molecular weight excluding hydrogens is 290 g/mol. The van der Waals surface area contributed by atoms with E-state index in [2.05, 4.69) is 27.9 Å². The highest BCUT2D eigenvalue weighted by Crippen LogP contribution is 2.31. The van der Waals surface area contributed by atoms with Crippen LogP contribution in [0.1, 0.15) is 37.8 Å². The molecule has 0 bridgehead atoms. The van der Waals surface area contributed by atoms with Crippen molar-refractivity contribution in [3.05, 3.63) is 24.0 Å². The fourth-order valence-electron chi connectivity index (χ4n) is 4.07. The molecule has 1 aromatic rings. The summed E-state index contributed by atoms with van der Waals surface area (Å²) in [5.41, 5.74) is 2.25. The Hall–Kier alpha value is -1.17. The maximum atomic E-state index is 9.76. The molecular formula is C18H29N3O2. The maximum absolute atomic E-state index is 9.76. The van der Waals surface area contributed by atoms with Crippen LogP contribution < -0.4 is 4.90 Å². The Morgan fingerprint density at radius 3 is 2.61 bits per heavy atom. The standard InChI is InChI=1S/C18H29N3O2/c1-20-16(13-23)8-10-21(11-17-18(20)3-2-9-19-17)15-6-4-14(12-22)5-7-15/h2-3,9,14-16,22-23H,4-8,10-13H2,1H3. The van der Waals surface area contributed by atoms with Gasteiger partial charge in [0.15, 0.2) is 0 Å². The van der Waals surface area contributed by atoms with Crippen LogP contribution in [0.15, 0.2) is 18.3 Å². The fraction of sp³-hybridized carbons (Fsp3) is 0.722. The van der Waals surface area contributed by atoms with Gasteiger partial charge in [-0.2, -0.15) is 0 Å². The van der Waals surface area contributed by atoms with Crippen LogP contribution in [0.2, 0.25) is 0 Å². The van der Waals surface area contributed by atoms with E-state index in [0.717, 1.165) is 56.6 Å². The number of rotatable bonds is 3. The quantitative estimate of drug-likeness (QED) is 0.887. The first kappa shape index (κ1) is 16.7. The number of hydrogen-bond acceptors (Lipinski definition) is 5. The number of aromatic nitrogens is 1. The highest BCUT2D eigenvalue weighted by molar-refractivity contribution is 5.51. The Bertz CT molecular complexity index is 503. The monoisotopic (exact) mass is 319 g/mol. The molecule has 2 heterocycles. The first-order chi connectivity index (χ1) is 11.2. The smallest absolute Gasteiger partial charge is 0.0776 e. The SMILES string of the molecule is CN1c2cccnc2CN(C2CCC(CO)CC2)CCC1CO. The van der Waals surface area contributed by atoms with E-state index >= 15 is 0 Å². The molecule has 1 fully saturated rings. The predicted molar refractivity (Wildman–Crippen MR) is 91.4 cm³/mol. The lowest BCUT2D eigenvalue weighted by atomic mass is 9.85. The molecule has 1 saturated carbocycles. The summed E-state index contributed by atoms with van der Waals surface area (Å²) < 4.78 is 0. The maximum Gasteiger partial charge on any atom is 0.0776 e. The van der Waals surface area contributed by atoms with Gasteiger partial charge in [0.25, 0.3) is 0 Å². The van der Waals surface area contributed by atoms with Gasteiger partial charge in [0.05, 0.1) is 24.0 Å². The van der Waals surface area contributed by atoms with Gasteiger partial charge in [-0.05, 0) is 50.2 Å². The normalized spacial score (nSPS) is 29.7. The minimum absolute atomic E-state index is 0.148. The molecule has 0 aromatic carbocycles. The Kier molecular flexibility index (Phi) is 5.51. The van der Waals surface area contributed by atoms with Crippen molar-refractivity contribution in [2.45, 2.75) is 50.7 Å². The summed E-state index contributed by atoms with van der Waals surface area (Å²) in [6, 6.07) is 4.81. The number of likely N-dealkylation sites (N-methyl/N-ethyl adjacent to an activating group) is 1. The Labute approximate surface area is 138 Å². The van der Waals surface area contributed by atoms with Crippen LogP contribution in [0.3, 0.4) is 0 Å². The van der Waals surface area contributed by atoms with Crippen molar-refractivity contribution in [3.8, 4) is 0 Å². The van der Waals surface area contributed by atoms with Gasteiger partial charge in [0, 0.05) is 39.0 Å². The molecule has 0 amide bonds. The number of anilines is 1. The van der Waals surface area contributed by atoms with Crippen LogP contribution in [-0.4, -0.2) is 59.0 Å². The summed E-state index contributed by atoms with van der Waals surface area (Å²) in [5, 5.41) is 19.1. The second-order valence-corrected chi connectivity index (χ2v) is 7.03. The van der Waals surface area contributed by atoms with Crippen molar-refractivity contribution in [3.63, 3.8) is 0 Å². The van der Waals surface area contributed by atoms with Gasteiger partial charge in [-0.3, -0.25) is 9.88 Å². The second kappa shape index (κ2) is 7.60. The number of aliphatic hydroxyl groups excluding tert-OH is 2. The zero-order valence-electron chi connectivity index (χ0n) is 14.1. The minimum Gasteiger partial charge on any atom is -0.396 e. The first-order valence-corrected chi connectivity index (χ1v) is 8.85. The Balaban J connectivity index is 1.78. The zero-order chi connectivity index (χ0) is 16.2.